The first-order chi connectivity index (χ1) is 10.9. The van der Waals surface area contributed by atoms with Gasteiger partial charge in [0.25, 0.3) is 11.6 Å². The number of anilines is 1. The number of benzene rings is 2. The average molecular weight is 343 g/mol. The number of nitro benzene ring substituents is 1. The van der Waals surface area contributed by atoms with Crippen LogP contribution in [0.4, 0.5) is 20.2 Å². The zero-order chi connectivity index (χ0) is 17.0. The summed E-state index contributed by atoms with van der Waals surface area (Å²) in [6.07, 6.45) is 0. The molecule has 0 saturated carbocycles. The summed E-state index contributed by atoms with van der Waals surface area (Å²) in [5.41, 5.74) is -0.356. The van der Waals surface area contributed by atoms with Gasteiger partial charge < -0.3 is 10.1 Å². The number of carbonyl (C=O) groups excluding carboxylic acids is 1. The summed E-state index contributed by atoms with van der Waals surface area (Å²) in [7, 11) is 0. The second-order valence-electron chi connectivity index (χ2n) is 4.28. The number of nitrogens with one attached hydrogen (secondary N) is 1. The summed E-state index contributed by atoms with van der Waals surface area (Å²) >= 11 is 5.75. The van der Waals surface area contributed by atoms with Gasteiger partial charge in [-0.3, -0.25) is 14.9 Å². The fourth-order valence-electron chi connectivity index (χ4n) is 1.77. The Morgan fingerprint density at radius 1 is 1.22 bits per heavy atom. The SMILES string of the molecule is O=C(Nc1ccc(OC(F)F)cc1)c1cc(Cl)ccc1[N+](=O)[O-]. The molecule has 0 heterocycles. The number of carbonyl (C=O) groups is 1. The van der Waals surface area contributed by atoms with Gasteiger partial charge in [0.15, 0.2) is 0 Å². The standard InChI is InChI=1S/C14H9ClF2N2O4/c15-8-1-6-12(19(21)22)11(7-8)13(20)18-9-2-4-10(5-3-9)23-14(16)17/h1-7,14H,(H,18,20). The van der Waals surface area contributed by atoms with Crippen LogP contribution in [0.5, 0.6) is 5.75 Å². The predicted molar refractivity (Wildman–Crippen MR) is 79.1 cm³/mol. The third kappa shape index (κ3) is 4.36. The van der Waals surface area contributed by atoms with Crippen molar-refractivity contribution < 1.29 is 23.2 Å². The minimum Gasteiger partial charge on any atom is -0.435 e. The number of amides is 1. The Balaban J connectivity index is 2.19. The third-order valence-electron chi connectivity index (χ3n) is 2.74. The zero-order valence-electron chi connectivity index (χ0n) is 11.3. The Morgan fingerprint density at radius 2 is 1.87 bits per heavy atom. The largest absolute Gasteiger partial charge is 0.435 e. The first-order valence-corrected chi connectivity index (χ1v) is 6.55. The molecule has 0 aromatic heterocycles. The van der Waals surface area contributed by atoms with E-state index in [1.807, 2.05) is 0 Å². The van der Waals surface area contributed by atoms with Crippen molar-refractivity contribution in [2.75, 3.05) is 5.32 Å². The fraction of sp³-hybridized carbons (Fsp3) is 0.0714. The van der Waals surface area contributed by atoms with Gasteiger partial charge in [-0.05, 0) is 36.4 Å². The molecule has 0 atom stereocenters. The number of hydrogen-bond acceptors (Lipinski definition) is 4. The van der Waals surface area contributed by atoms with E-state index in [0.29, 0.717) is 0 Å². The summed E-state index contributed by atoms with van der Waals surface area (Å²) in [6, 6.07) is 8.70. The molecule has 2 aromatic rings. The lowest BCUT2D eigenvalue weighted by Crippen LogP contribution is -2.14. The van der Waals surface area contributed by atoms with Crippen molar-refractivity contribution in [1.29, 1.82) is 0 Å². The number of rotatable bonds is 5. The summed E-state index contributed by atoms with van der Waals surface area (Å²) in [4.78, 5) is 22.4. The van der Waals surface area contributed by atoms with Gasteiger partial charge in [-0.1, -0.05) is 11.6 Å². The number of nitrogens with zero attached hydrogens (tertiary/aromatic N) is 1. The van der Waals surface area contributed by atoms with E-state index in [0.717, 1.165) is 6.07 Å². The molecule has 0 aliphatic carbocycles. The van der Waals surface area contributed by atoms with E-state index < -0.39 is 23.1 Å². The molecule has 0 fully saturated rings. The monoisotopic (exact) mass is 342 g/mol. The van der Waals surface area contributed by atoms with E-state index in [9.17, 15) is 23.7 Å². The molecule has 120 valence electrons. The second-order valence-corrected chi connectivity index (χ2v) is 4.71. The van der Waals surface area contributed by atoms with Gasteiger partial charge in [-0.2, -0.15) is 8.78 Å². The molecule has 9 heteroatoms. The molecule has 0 radical (unpaired) electrons. The van der Waals surface area contributed by atoms with Crippen LogP contribution in [0.1, 0.15) is 10.4 Å². The Morgan fingerprint density at radius 3 is 2.43 bits per heavy atom. The maximum atomic E-state index is 12.1. The van der Waals surface area contributed by atoms with Gasteiger partial charge in [0.05, 0.1) is 4.92 Å². The van der Waals surface area contributed by atoms with Gasteiger partial charge in [0.2, 0.25) is 0 Å². The lowest BCUT2D eigenvalue weighted by molar-refractivity contribution is -0.385. The summed E-state index contributed by atoms with van der Waals surface area (Å²) < 4.78 is 28.3. The van der Waals surface area contributed by atoms with E-state index >= 15 is 0 Å². The van der Waals surface area contributed by atoms with Crippen molar-refractivity contribution in [2.45, 2.75) is 6.61 Å². The Kier molecular flexibility index (Phi) is 5.07. The van der Waals surface area contributed by atoms with Crippen LogP contribution in [0.3, 0.4) is 0 Å². The summed E-state index contributed by atoms with van der Waals surface area (Å²) in [5, 5.41) is 13.5. The number of nitro groups is 1. The Bertz CT molecular complexity index is 738. The summed E-state index contributed by atoms with van der Waals surface area (Å²) in [5.74, 6) is -0.825. The molecule has 2 aromatic carbocycles. The van der Waals surface area contributed by atoms with Crippen LogP contribution in [0.25, 0.3) is 0 Å². The van der Waals surface area contributed by atoms with Crippen LogP contribution < -0.4 is 10.1 Å². The lowest BCUT2D eigenvalue weighted by atomic mass is 10.1. The Labute approximate surface area is 133 Å². The predicted octanol–water partition coefficient (Wildman–Crippen LogP) is 4.10. The van der Waals surface area contributed by atoms with Crippen molar-refractivity contribution in [3.05, 3.63) is 63.2 Å². The van der Waals surface area contributed by atoms with E-state index in [2.05, 4.69) is 10.1 Å². The highest BCUT2D eigenvalue weighted by atomic mass is 35.5. The highest BCUT2D eigenvalue weighted by molar-refractivity contribution is 6.31. The smallest absolute Gasteiger partial charge is 0.387 e. The van der Waals surface area contributed by atoms with Gasteiger partial charge in [-0.15, -0.1) is 0 Å². The quantitative estimate of drug-likeness (QED) is 0.655. The van der Waals surface area contributed by atoms with Crippen LogP contribution in [-0.4, -0.2) is 17.4 Å². The maximum absolute atomic E-state index is 12.1. The van der Waals surface area contributed by atoms with Gasteiger partial charge in [0.1, 0.15) is 11.3 Å². The number of hydrogen-bond donors (Lipinski definition) is 1. The topological polar surface area (TPSA) is 81.5 Å². The Hall–Kier alpha value is -2.74. The highest BCUT2D eigenvalue weighted by Gasteiger charge is 2.20. The molecule has 0 saturated heterocycles. The van der Waals surface area contributed by atoms with Gasteiger partial charge >= 0.3 is 6.61 Å². The molecule has 1 N–H and O–H groups in total. The lowest BCUT2D eigenvalue weighted by Gasteiger charge is -2.08. The average Bonchev–Trinajstić information content (AvgIpc) is 2.48. The first-order valence-electron chi connectivity index (χ1n) is 6.17. The fourth-order valence-corrected chi connectivity index (χ4v) is 1.94. The van der Waals surface area contributed by atoms with E-state index in [-0.39, 0.29) is 22.0 Å². The molecule has 0 spiro atoms. The van der Waals surface area contributed by atoms with E-state index in [4.69, 9.17) is 11.6 Å². The van der Waals surface area contributed by atoms with Gasteiger partial charge in [-0.25, -0.2) is 0 Å². The zero-order valence-corrected chi connectivity index (χ0v) is 12.1. The van der Waals surface area contributed by atoms with Crippen LogP contribution in [0, 0.1) is 10.1 Å². The molecule has 0 aliphatic heterocycles. The molecule has 2 rings (SSSR count). The first kappa shape index (κ1) is 16.6. The van der Waals surface area contributed by atoms with Gasteiger partial charge in [0, 0.05) is 16.8 Å². The second kappa shape index (κ2) is 7.01. The van der Waals surface area contributed by atoms with Crippen LogP contribution >= 0.6 is 11.6 Å². The molecule has 6 nitrogen and oxygen atoms in total. The number of ether oxygens (including phenoxy) is 1. The van der Waals surface area contributed by atoms with Crippen molar-refractivity contribution >= 4 is 28.9 Å². The van der Waals surface area contributed by atoms with E-state index in [1.54, 1.807) is 0 Å². The van der Waals surface area contributed by atoms with Crippen molar-refractivity contribution in [1.82, 2.24) is 0 Å². The van der Waals surface area contributed by atoms with Crippen LogP contribution in [0.2, 0.25) is 5.02 Å². The molecule has 0 bridgehead atoms. The highest BCUT2D eigenvalue weighted by Crippen LogP contribution is 2.24. The molecule has 23 heavy (non-hydrogen) atoms. The van der Waals surface area contributed by atoms with Crippen LogP contribution in [-0.2, 0) is 0 Å². The summed E-state index contributed by atoms with van der Waals surface area (Å²) in [6.45, 7) is -2.95. The molecular formula is C14H9ClF2N2O4. The normalized spacial score (nSPS) is 10.4. The minimum atomic E-state index is -2.95. The van der Waals surface area contributed by atoms with E-state index in [1.165, 1.54) is 36.4 Å². The van der Waals surface area contributed by atoms with Crippen molar-refractivity contribution in [2.24, 2.45) is 0 Å². The van der Waals surface area contributed by atoms with Crippen LogP contribution in [0.15, 0.2) is 42.5 Å². The van der Waals surface area contributed by atoms with Crippen molar-refractivity contribution in [3.8, 4) is 5.75 Å². The molecule has 0 unspecified atom stereocenters. The van der Waals surface area contributed by atoms with Crippen molar-refractivity contribution in [3.63, 3.8) is 0 Å². The maximum Gasteiger partial charge on any atom is 0.387 e. The molecule has 1 amide bonds. The number of halogens is 3. The molecule has 0 aliphatic rings. The molecular weight excluding hydrogens is 334 g/mol. The number of alkyl halides is 2. The minimum absolute atomic E-state index is 0.0771. The third-order valence-corrected chi connectivity index (χ3v) is 2.97.